The average Bonchev–Trinajstić information content (AvgIpc) is 2.24. The molecule has 1 saturated heterocycles. The largest absolute Gasteiger partial charge is 0.341 e. The van der Waals surface area contributed by atoms with Gasteiger partial charge in [-0.05, 0) is 25.2 Å². The minimum Gasteiger partial charge on any atom is -0.341 e. The Hall–Kier alpha value is -0.570. The highest BCUT2D eigenvalue weighted by molar-refractivity contribution is 5.81. The lowest BCUT2D eigenvalue weighted by molar-refractivity contribution is -0.134. The van der Waals surface area contributed by atoms with Crippen molar-refractivity contribution in [2.24, 2.45) is 11.7 Å². The third-order valence-corrected chi connectivity index (χ3v) is 3.15. The number of nitrogens with zero attached hydrogens (tertiary/aromatic N) is 1. The molecule has 0 bridgehead atoms. The molecule has 0 aliphatic carbocycles. The maximum Gasteiger partial charge on any atom is 0.239 e. The van der Waals surface area contributed by atoms with Gasteiger partial charge in [-0.1, -0.05) is 26.7 Å². The molecule has 1 heterocycles. The van der Waals surface area contributed by atoms with Gasteiger partial charge in [0.1, 0.15) is 0 Å². The zero-order valence-corrected chi connectivity index (χ0v) is 10.0. The summed E-state index contributed by atoms with van der Waals surface area (Å²) >= 11 is 0. The lowest BCUT2D eigenvalue weighted by atomic mass is 9.99. The van der Waals surface area contributed by atoms with Gasteiger partial charge in [0, 0.05) is 13.1 Å². The van der Waals surface area contributed by atoms with Crippen molar-refractivity contribution < 1.29 is 4.79 Å². The molecule has 3 nitrogen and oxygen atoms in total. The molecule has 0 saturated carbocycles. The summed E-state index contributed by atoms with van der Waals surface area (Å²) in [4.78, 5) is 13.9. The number of piperidine rings is 1. The van der Waals surface area contributed by atoms with Gasteiger partial charge >= 0.3 is 0 Å². The molecule has 1 fully saturated rings. The van der Waals surface area contributed by atoms with E-state index in [2.05, 4.69) is 13.8 Å². The molecule has 0 aromatic rings. The summed E-state index contributed by atoms with van der Waals surface area (Å²) in [6, 6.07) is -0.268. The first-order valence-electron chi connectivity index (χ1n) is 6.19. The molecule has 2 atom stereocenters. The van der Waals surface area contributed by atoms with E-state index in [1.807, 2.05) is 4.90 Å². The second-order valence-electron chi connectivity index (χ2n) is 4.78. The van der Waals surface area contributed by atoms with Crippen LogP contribution in [0.4, 0.5) is 0 Å². The summed E-state index contributed by atoms with van der Waals surface area (Å²) in [7, 11) is 0. The molecule has 2 N–H and O–H groups in total. The van der Waals surface area contributed by atoms with Gasteiger partial charge in [0.25, 0.3) is 0 Å². The van der Waals surface area contributed by atoms with Crippen molar-refractivity contribution in [1.29, 1.82) is 0 Å². The number of unbranched alkanes of at least 4 members (excludes halogenated alkanes) is 1. The predicted octanol–water partition coefficient (Wildman–Crippen LogP) is 1.76. The van der Waals surface area contributed by atoms with Crippen LogP contribution in [0.25, 0.3) is 0 Å². The molecule has 1 rings (SSSR count). The third kappa shape index (κ3) is 3.82. The number of hydrogen-bond acceptors (Lipinski definition) is 2. The second-order valence-corrected chi connectivity index (χ2v) is 4.78. The van der Waals surface area contributed by atoms with E-state index in [-0.39, 0.29) is 11.9 Å². The van der Waals surface area contributed by atoms with Gasteiger partial charge < -0.3 is 10.6 Å². The number of carbonyl (C=O) groups excluding carboxylic acids is 1. The summed E-state index contributed by atoms with van der Waals surface area (Å²) < 4.78 is 0. The zero-order valence-electron chi connectivity index (χ0n) is 10.0. The van der Waals surface area contributed by atoms with Crippen LogP contribution in [0.15, 0.2) is 0 Å². The SMILES string of the molecule is CCCC[C@H](N)C(=O)N1CCCC(C)C1. The van der Waals surface area contributed by atoms with Crippen LogP contribution in [0.3, 0.4) is 0 Å². The summed E-state index contributed by atoms with van der Waals surface area (Å²) in [5, 5.41) is 0. The van der Waals surface area contributed by atoms with Crippen LogP contribution in [-0.2, 0) is 4.79 Å². The van der Waals surface area contributed by atoms with E-state index in [4.69, 9.17) is 5.73 Å². The van der Waals surface area contributed by atoms with E-state index in [0.29, 0.717) is 5.92 Å². The first-order valence-corrected chi connectivity index (χ1v) is 6.19. The van der Waals surface area contributed by atoms with E-state index in [9.17, 15) is 4.79 Å². The highest BCUT2D eigenvalue weighted by Crippen LogP contribution is 2.16. The van der Waals surface area contributed by atoms with Crippen molar-refractivity contribution in [3.05, 3.63) is 0 Å². The van der Waals surface area contributed by atoms with Crippen LogP contribution in [0.5, 0.6) is 0 Å². The lowest BCUT2D eigenvalue weighted by Gasteiger charge is -2.32. The normalized spacial score (nSPS) is 23.9. The first kappa shape index (κ1) is 12.5. The molecular weight excluding hydrogens is 188 g/mol. The quantitative estimate of drug-likeness (QED) is 0.772. The van der Waals surface area contributed by atoms with Crippen molar-refractivity contribution in [3.8, 4) is 0 Å². The van der Waals surface area contributed by atoms with E-state index in [1.54, 1.807) is 0 Å². The molecule has 1 amide bonds. The minimum atomic E-state index is -0.268. The van der Waals surface area contributed by atoms with E-state index in [1.165, 1.54) is 6.42 Å². The Bertz CT molecular complexity index is 206. The summed E-state index contributed by atoms with van der Waals surface area (Å²) in [6.07, 6.45) is 5.37. The molecule has 0 aromatic carbocycles. The van der Waals surface area contributed by atoms with Crippen molar-refractivity contribution >= 4 is 5.91 Å². The van der Waals surface area contributed by atoms with Gasteiger partial charge in [-0.3, -0.25) is 4.79 Å². The standard InChI is InChI=1S/C12H24N2O/c1-3-4-7-11(13)12(15)14-8-5-6-10(2)9-14/h10-11H,3-9,13H2,1-2H3/t10?,11-/m0/s1. The van der Waals surface area contributed by atoms with Crippen LogP contribution in [0.1, 0.15) is 46.0 Å². The first-order chi connectivity index (χ1) is 7.15. The molecule has 1 aliphatic heterocycles. The number of nitrogens with two attached hydrogens (primary N) is 1. The Morgan fingerprint density at radius 1 is 1.60 bits per heavy atom. The maximum absolute atomic E-state index is 12.0. The summed E-state index contributed by atoms with van der Waals surface area (Å²) in [5.74, 6) is 0.802. The number of carbonyl (C=O) groups is 1. The van der Waals surface area contributed by atoms with Gasteiger partial charge in [0.15, 0.2) is 0 Å². The number of hydrogen-bond donors (Lipinski definition) is 1. The zero-order chi connectivity index (χ0) is 11.3. The smallest absolute Gasteiger partial charge is 0.239 e. The fourth-order valence-corrected chi connectivity index (χ4v) is 2.17. The van der Waals surface area contributed by atoms with Gasteiger partial charge in [-0.2, -0.15) is 0 Å². The Kier molecular flexibility index (Phi) is 5.09. The summed E-state index contributed by atoms with van der Waals surface area (Å²) in [6.45, 7) is 6.14. The monoisotopic (exact) mass is 212 g/mol. The van der Waals surface area contributed by atoms with Crippen LogP contribution in [0, 0.1) is 5.92 Å². The van der Waals surface area contributed by atoms with E-state index >= 15 is 0 Å². The van der Waals surface area contributed by atoms with Gasteiger partial charge in [0.05, 0.1) is 6.04 Å². The Morgan fingerprint density at radius 2 is 2.33 bits per heavy atom. The highest BCUT2D eigenvalue weighted by atomic mass is 16.2. The molecule has 3 heteroatoms. The number of likely N-dealkylation sites (tertiary alicyclic amines) is 1. The Labute approximate surface area is 93.0 Å². The van der Waals surface area contributed by atoms with E-state index < -0.39 is 0 Å². The third-order valence-electron chi connectivity index (χ3n) is 3.15. The van der Waals surface area contributed by atoms with Gasteiger partial charge in [-0.15, -0.1) is 0 Å². The maximum atomic E-state index is 12.0. The fraction of sp³-hybridized carbons (Fsp3) is 0.917. The summed E-state index contributed by atoms with van der Waals surface area (Å²) in [5.41, 5.74) is 5.89. The number of rotatable bonds is 4. The van der Waals surface area contributed by atoms with Gasteiger partial charge in [0.2, 0.25) is 5.91 Å². The molecule has 15 heavy (non-hydrogen) atoms. The van der Waals surface area contributed by atoms with Crippen LogP contribution >= 0.6 is 0 Å². The van der Waals surface area contributed by atoms with Crippen molar-refractivity contribution in [2.45, 2.75) is 52.0 Å². The molecule has 0 radical (unpaired) electrons. The Balaban J connectivity index is 2.37. The molecular formula is C12H24N2O. The van der Waals surface area contributed by atoms with Crippen molar-refractivity contribution in [2.75, 3.05) is 13.1 Å². The second kappa shape index (κ2) is 6.11. The van der Waals surface area contributed by atoms with Crippen LogP contribution < -0.4 is 5.73 Å². The molecule has 1 aliphatic rings. The molecule has 1 unspecified atom stereocenters. The van der Waals surface area contributed by atoms with Crippen molar-refractivity contribution in [3.63, 3.8) is 0 Å². The Morgan fingerprint density at radius 3 is 2.93 bits per heavy atom. The predicted molar refractivity (Wildman–Crippen MR) is 62.5 cm³/mol. The molecule has 88 valence electrons. The van der Waals surface area contributed by atoms with Crippen LogP contribution in [0.2, 0.25) is 0 Å². The fourth-order valence-electron chi connectivity index (χ4n) is 2.17. The van der Waals surface area contributed by atoms with E-state index in [0.717, 1.165) is 38.8 Å². The number of amides is 1. The van der Waals surface area contributed by atoms with Crippen molar-refractivity contribution in [1.82, 2.24) is 4.90 Å². The molecule has 0 aromatic heterocycles. The highest BCUT2D eigenvalue weighted by Gasteiger charge is 2.24. The van der Waals surface area contributed by atoms with Crippen LogP contribution in [-0.4, -0.2) is 29.9 Å². The minimum absolute atomic E-state index is 0.162. The topological polar surface area (TPSA) is 46.3 Å². The van der Waals surface area contributed by atoms with Gasteiger partial charge in [-0.25, -0.2) is 0 Å². The average molecular weight is 212 g/mol. The molecule has 0 spiro atoms. The lowest BCUT2D eigenvalue weighted by Crippen LogP contribution is -2.47.